The number of hydrogen-bond donors (Lipinski definition) is 0. The fourth-order valence-corrected chi connectivity index (χ4v) is 10.6. The van der Waals surface area contributed by atoms with E-state index in [0.717, 1.165) is 11.5 Å². The Morgan fingerprint density at radius 3 is 0.810 bits per heavy atom. The van der Waals surface area contributed by atoms with Crippen molar-refractivity contribution in [1.82, 2.24) is 0 Å². The summed E-state index contributed by atoms with van der Waals surface area (Å²) in [5.74, 6) is 2.29. The second kappa shape index (κ2) is 13.7. The summed E-state index contributed by atoms with van der Waals surface area (Å²) in [6, 6.07) is 84.3. The first-order valence-corrected chi connectivity index (χ1v) is 20.3. The molecule has 0 N–H and O–H groups in total. The van der Waals surface area contributed by atoms with Gasteiger partial charge in [-0.25, -0.2) is 0 Å². The maximum absolute atomic E-state index is 3.74. The molecule has 0 aliphatic carbocycles. The third-order valence-electron chi connectivity index (χ3n) is 12.8. The van der Waals surface area contributed by atoms with E-state index in [9.17, 15) is 0 Å². The summed E-state index contributed by atoms with van der Waals surface area (Å²) in [6.45, 7) is 0. The lowest BCUT2D eigenvalue weighted by molar-refractivity contribution is 0.375. The van der Waals surface area contributed by atoms with E-state index in [1.54, 1.807) is 0 Å². The van der Waals surface area contributed by atoms with Crippen molar-refractivity contribution in [2.24, 2.45) is 0 Å². The third-order valence-corrected chi connectivity index (χ3v) is 12.8. The van der Waals surface area contributed by atoms with Gasteiger partial charge in [0.2, 0.25) is 11.5 Å². The summed E-state index contributed by atoms with van der Waals surface area (Å²) in [6.07, 6.45) is 1.06. The molecule has 0 unspecified atom stereocenters. The molecule has 0 atom stereocenters. The van der Waals surface area contributed by atoms with E-state index in [-0.39, 0.29) is 0 Å². The summed E-state index contributed by atoms with van der Waals surface area (Å²) in [5.41, 5.74) is 14.9. The lowest BCUT2D eigenvalue weighted by Crippen LogP contribution is -2.59. The van der Waals surface area contributed by atoms with Crippen LogP contribution in [0.15, 0.2) is 251 Å². The second-order valence-corrected chi connectivity index (χ2v) is 15.6. The van der Waals surface area contributed by atoms with Crippen LogP contribution < -0.4 is 21.9 Å². The Kier molecular flexibility index (Phi) is 8.04. The minimum Gasteiger partial charge on any atom is -0.777 e. The van der Waals surface area contributed by atoms with E-state index >= 15 is 0 Å². The van der Waals surface area contributed by atoms with Crippen LogP contribution in [0.2, 0.25) is 0 Å². The van der Waals surface area contributed by atoms with Crippen LogP contribution in [0.1, 0.15) is 33.8 Å². The zero-order valence-electron chi connectivity index (χ0n) is 32.1. The molecule has 0 amide bonds. The Balaban J connectivity index is 1.19. The zero-order valence-corrected chi connectivity index (χ0v) is 32.1. The van der Waals surface area contributed by atoms with Gasteiger partial charge in [0, 0.05) is 35.4 Å². The Morgan fingerprint density at radius 2 is 0.517 bits per heavy atom. The predicted molar refractivity (Wildman–Crippen MR) is 244 cm³/mol. The van der Waals surface area contributed by atoms with Crippen LogP contribution in [-0.2, 0) is 0 Å². The van der Waals surface area contributed by atoms with E-state index in [1.807, 2.05) is 0 Å². The van der Waals surface area contributed by atoms with Crippen molar-refractivity contribution in [2.75, 3.05) is 0 Å². The molecule has 0 fully saturated rings. The zero-order chi connectivity index (χ0) is 38.5. The smallest absolute Gasteiger partial charge is 0.421 e. The van der Waals surface area contributed by atoms with Gasteiger partial charge in [-0.2, -0.15) is 0 Å². The van der Waals surface area contributed by atoms with Crippen LogP contribution in [0.4, 0.5) is 0 Å². The van der Waals surface area contributed by atoms with Crippen LogP contribution >= 0.6 is 0 Å². The number of furan rings is 2. The van der Waals surface area contributed by atoms with Crippen LogP contribution in [0, 0.1) is 0 Å². The van der Waals surface area contributed by atoms with Gasteiger partial charge in [0.25, 0.3) is 0 Å². The van der Waals surface area contributed by atoms with Crippen molar-refractivity contribution >= 4 is 56.6 Å². The van der Waals surface area contributed by atoms with Crippen molar-refractivity contribution < 1.29 is 7.93 Å². The Morgan fingerprint density at radius 1 is 0.241 bits per heavy atom. The van der Waals surface area contributed by atoms with Gasteiger partial charge in [0.15, 0.2) is 12.5 Å². The lowest BCUT2D eigenvalue weighted by Gasteiger charge is -2.39. The van der Waals surface area contributed by atoms with Crippen LogP contribution in [0.25, 0.3) is 22.1 Å². The Bertz CT molecular complexity index is 2660. The van der Waals surface area contributed by atoms with E-state index in [2.05, 4.69) is 251 Å². The van der Waals surface area contributed by atoms with Crippen LogP contribution in [0.3, 0.4) is 0 Å². The fraction of sp³-hybridized carbons (Fsp3) is 0. The summed E-state index contributed by atoms with van der Waals surface area (Å²) >= 11 is 0. The molecule has 0 radical (unpaired) electrons. The predicted octanol–water partition coefficient (Wildman–Crippen LogP) is 10.5. The van der Waals surface area contributed by atoms with Gasteiger partial charge in [0.1, 0.15) is 0 Å². The molecule has 0 saturated carbocycles. The fourth-order valence-electron chi connectivity index (χ4n) is 10.6. The molecule has 2 aromatic heterocycles. The molecule has 4 heteroatoms. The second-order valence-electron chi connectivity index (χ2n) is 15.6. The number of hydrogen-bond acceptors (Lipinski definition) is 0. The minimum absolute atomic E-state index is 1.14. The van der Waals surface area contributed by atoms with Crippen molar-refractivity contribution in [3.63, 3.8) is 0 Å². The Hall–Kier alpha value is -7.29. The van der Waals surface area contributed by atoms with Crippen molar-refractivity contribution in [2.45, 2.75) is 0 Å². The maximum Gasteiger partial charge on any atom is 0.421 e. The van der Waals surface area contributed by atoms with E-state index < -0.39 is 12.7 Å². The van der Waals surface area contributed by atoms with Crippen molar-refractivity contribution in [3.8, 4) is 0 Å². The summed E-state index contributed by atoms with van der Waals surface area (Å²) < 4.78 is 7.47. The van der Waals surface area contributed by atoms with Gasteiger partial charge < -0.3 is 7.93 Å². The van der Waals surface area contributed by atoms with Crippen LogP contribution in [0.5, 0.6) is 0 Å². The molecule has 7 aromatic carbocycles. The van der Waals surface area contributed by atoms with Gasteiger partial charge in [0.05, 0.1) is 0 Å². The average Bonchev–Trinajstić information content (AvgIpc) is 4.10. The third kappa shape index (κ3) is 4.88. The maximum atomic E-state index is 3.74. The molecule has 0 bridgehead atoms. The van der Waals surface area contributed by atoms with Gasteiger partial charge in [-0.05, 0) is 22.3 Å². The molecular formula is C54H40B2O2. The molecule has 4 heterocycles. The Labute approximate surface area is 340 Å². The molecule has 2 aliphatic rings. The number of fused-ring (bicyclic) bond motifs is 2. The van der Waals surface area contributed by atoms with E-state index in [1.165, 1.54) is 66.2 Å². The highest BCUT2D eigenvalue weighted by Gasteiger charge is 2.54. The molecule has 2 nitrogen and oxygen atoms in total. The molecule has 9 aromatic rings. The van der Waals surface area contributed by atoms with Gasteiger partial charge in [-0.1, -0.05) is 217 Å². The summed E-state index contributed by atoms with van der Waals surface area (Å²) in [7, 11) is 0. The van der Waals surface area contributed by atoms with Gasteiger partial charge >= 0.3 is 12.7 Å². The standard InChI is InChI=1S/C54H40B2O2/c1-7-21-43(22-8-1)53-51(49-33-19-39-57(49)55(53,45-25-11-3-12-26-45)46-27-13-4-14-28-46)41-35-37-42(38-36-41)52-50-34-20-40-58(50)56(47-29-15-5-16-30-47,48-31-17-6-18-32-48)54(52)44-23-9-2-10-24-44/h1-40H. The van der Waals surface area contributed by atoms with Crippen molar-refractivity contribution in [1.29, 1.82) is 0 Å². The van der Waals surface area contributed by atoms with Gasteiger partial charge in [-0.15, -0.1) is 21.9 Å². The van der Waals surface area contributed by atoms with Crippen LogP contribution in [-0.4, -0.2) is 12.7 Å². The monoisotopic (exact) mass is 742 g/mol. The molecule has 0 spiro atoms. The lowest BCUT2D eigenvalue weighted by atomic mass is 9.27. The molecule has 274 valence electrons. The SMILES string of the molecule is c1ccc(C2=C(c3ccc(C4=C(c5ccccc5)[B-](c5ccccc5)(c5ccccc5)[o+]5cccc54)cc3)c3ccc[o+]3[B-]2(c2ccccc2)c2ccccc2)cc1. The topological polar surface area (TPSA) is 5.40 Å². The highest BCUT2D eigenvalue weighted by molar-refractivity contribution is 7.13. The van der Waals surface area contributed by atoms with E-state index in [0.29, 0.717) is 0 Å². The highest BCUT2D eigenvalue weighted by Crippen LogP contribution is 2.52. The number of benzene rings is 7. The average molecular weight is 743 g/mol. The summed E-state index contributed by atoms with van der Waals surface area (Å²) in [5, 5.41) is 0. The summed E-state index contributed by atoms with van der Waals surface area (Å²) in [4.78, 5) is 0. The normalized spacial score (nSPS) is 15.0. The van der Waals surface area contributed by atoms with Crippen molar-refractivity contribution in [3.05, 3.63) is 277 Å². The number of rotatable bonds is 8. The van der Waals surface area contributed by atoms with Gasteiger partial charge in [-0.3, -0.25) is 0 Å². The minimum atomic E-state index is -1.67. The molecular weight excluding hydrogens is 702 g/mol. The first-order valence-electron chi connectivity index (χ1n) is 20.3. The largest absolute Gasteiger partial charge is 0.777 e. The molecule has 58 heavy (non-hydrogen) atoms. The first kappa shape index (κ1) is 34.0. The molecule has 0 saturated heterocycles. The molecule has 11 rings (SSSR count). The molecule has 2 aliphatic heterocycles. The quantitative estimate of drug-likeness (QED) is 0.108. The van der Waals surface area contributed by atoms with E-state index in [4.69, 9.17) is 0 Å². The highest BCUT2D eigenvalue weighted by atomic mass is 16.5. The first-order chi connectivity index (χ1) is 28.8.